The maximum absolute atomic E-state index is 9.68. The second-order valence-electron chi connectivity index (χ2n) is 1.38. The molecule has 0 radical (unpaired) electrons. The van der Waals surface area contributed by atoms with Gasteiger partial charge in [-0.1, -0.05) is 12.2 Å². The lowest BCUT2D eigenvalue weighted by molar-refractivity contribution is -0.147. The molecule has 0 saturated heterocycles. The lowest BCUT2D eigenvalue weighted by Crippen LogP contribution is -2.20. The number of hydrogen-bond donors (Lipinski definition) is 0. The van der Waals surface area contributed by atoms with Crippen LogP contribution in [0.15, 0.2) is 17.4 Å². The highest BCUT2D eigenvalue weighted by atomic mass is 16.7. The van der Waals surface area contributed by atoms with E-state index in [4.69, 9.17) is 4.84 Å². The van der Waals surface area contributed by atoms with Gasteiger partial charge >= 0.3 is 0 Å². The first-order valence-corrected chi connectivity index (χ1v) is 2.32. The van der Waals surface area contributed by atoms with Gasteiger partial charge in [-0.3, -0.25) is 0 Å². The highest BCUT2D eigenvalue weighted by Crippen LogP contribution is 1.96. The monoisotopic (exact) mass is 114 g/mol. The van der Waals surface area contributed by atoms with Crippen molar-refractivity contribution in [2.24, 2.45) is 5.29 Å². The summed E-state index contributed by atoms with van der Waals surface area (Å²) in [4.78, 5) is 14.4. The fourth-order valence-electron chi connectivity index (χ4n) is 0.471. The predicted molar refractivity (Wildman–Crippen MR) is 27.6 cm³/mol. The van der Waals surface area contributed by atoms with Crippen molar-refractivity contribution in [3.8, 4) is 0 Å². The van der Waals surface area contributed by atoms with Gasteiger partial charge in [-0.25, -0.2) is 4.84 Å². The van der Waals surface area contributed by atoms with Crippen LogP contribution in [0.3, 0.4) is 0 Å². The zero-order valence-corrected chi connectivity index (χ0v) is 4.28. The smallest absolute Gasteiger partial charge is 0.0950 e. The molecular weight excluding hydrogens is 108 g/mol. The van der Waals surface area contributed by atoms with E-state index < -0.39 is 0 Å². The summed E-state index contributed by atoms with van der Waals surface area (Å²) in [6, 6.07) is 0. The summed E-state index contributed by atoms with van der Waals surface area (Å²) in [5.41, 5.74) is 0. The van der Waals surface area contributed by atoms with Gasteiger partial charge in [-0.05, 0) is 0 Å². The lowest BCUT2D eigenvalue weighted by atomic mass is 10.5. The molecule has 0 fully saturated rings. The second kappa shape index (κ2) is 2.42. The Kier molecular flexibility index (Phi) is 1.58. The lowest BCUT2D eigenvalue weighted by Gasteiger charge is -2.13. The van der Waals surface area contributed by atoms with E-state index in [1.165, 1.54) is 0 Å². The van der Waals surface area contributed by atoms with Gasteiger partial charge in [0.1, 0.15) is 0 Å². The zero-order chi connectivity index (χ0) is 5.82. The van der Waals surface area contributed by atoms with Crippen molar-refractivity contribution < 1.29 is 4.84 Å². The highest BCUT2D eigenvalue weighted by molar-refractivity contribution is 4.85. The Morgan fingerprint density at radius 1 is 1.62 bits per heavy atom. The molecule has 0 aromatic heterocycles. The molecule has 0 aliphatic carbocycles. The first kappa shape index (κ1) is 5.24. The second-order valence-corrected chi connectivity index (χ2v) is 1.38. The zero-order valence-electron chi connectivity index (χ0n) is 4.28. The molecular formula is C4H6N2O2. The van der Waals surface area contributed by atoms with E-state index in [1.54, 1.807) is 0 Å². The molecule has 1 aliphatic heterocycles. The Morgan fingerprint density at radius 3 is 2.88 bits per heavy atom. The van der Waals surface area contributed by atoms with Crippen LogP contribution >= 0.6 is 0 Å². The van der Waals surface area contributed by atoms with Gasteiger partial charge in [-0.2, -0.15) is 0 Å². The van der Waals surface area contributed by atoms with Gasteiger partial charge < -0.3 is 0 Å². The first-order chi connectivity index (χ1) is 3.93. The van der Waals surface area contributed by atoms with Crippen molar-refractivity contribution >= 4 is 0 Å². The Bertz CT molecular complexity index is 113. The van der Waals surface area contributed by atoms with Crippen molar-refractivity contribution in [2.75, 3.05) is 13.2 Å². The van der Waals surface area contributed by atoms with Crippen molar-refractivity contribution in [2.45, 2.75) is 0 Å². The average Bonchev–Trinajstić information content (AvgIpc) is 1.90. The minimum atomic E-state index is 0.450. The maximum Gasteiger partial charge on any atom is 0.0950 e. The fraction of sp³-hybridized carbons (Fsp3) is 0.500. The molecule has 0 bridgehead atoms. The summed E-state index contributed by atoms with van der Waals surface area (Å²) in [5, 5.41) is 3.56. The van der Waals surface area contributed by atoms with Crippen LogP contribution in [0.2, 0.25) is 0 Å². The largest absolute Gasteiger partial charge is 0.250 e. The van der Waals surface area contributed by atoms with Gasteiger partial charge in [0, 0.05) is 0 Å². The number of hydrogen-bond acceptors (Lipinski definition) is 3. The van der Waals surface area contributed by atoms with Crippen LogP contribution in [-0.2, 0) is 4.84 Å². The molecule has 0 saturated carbocycles. The number of hydroxylamine groups is 1. The summed E-state index contributed by atoms with van der Waals surface area (Å²) < 4.78 is 0. The van der Waals surface area contributed by atoms with Gasteiger partial charge in [0.25, 0.3) is 0 Å². The number of nitroso groups, excluding NO2 is 1. The molecule has 0 N–H and O–H groups in total. The molecule has 0 amide bonds. The van der Waals surface area contributed by atoms with Crippen molar-refractivity contribution in [3.63, 3.8) is 0 Å². The van der Waals surface area contributed by atoms with Crippen molar-refractivity contribution in [3.05, 3.63) is 17.1 Å². The number of nitrogens with zero attached hydrogens (tertiary/aromatic N) is 2. The molecule has 1 aliphatic rings. The third kappa shape index (κ3) is 1.04. The molecule has 0 spiro atoms. The van der Waals surface area contributed by atoms with E-state index in [2.05, 4.69) is 5.29 Å². The van der Waals surface area contributed by atoms with E-state index in [0.29, 0.717) is 13.2 Å². The third-order valence-corrected chi connectivity index (χ3v) is 0.839. The van der Waals surface area contributed by atoms with Crippen LogP contribution in [0.1, 0.15) is 0 Å². The van der Waals surface area contributed by atoms with Crippen molar-refractivity contribution in [1.29, 1.82) is 0 Å². The van der Waals surface area contributed by atoms with Crippen molar-refractivity contribution in [1.82, 2.24) is 5.17 Å². The molecule has 8 heavy (non-hydrogen) atoms. The molecule has 4 heteroatoms. The SMILES string of the molecule is O=NN1CC=CCO1. The minimum Gasteiger partial charge on any atom is -0.250 e. The molecule has 44 valence electrons. The van der Waals surface area contributed by atoms with Crippen LogP contribution in [0.25, 0.3) is 0 Å². The topological polar surface area (TPSA) is 41.9 Å². The van der Waals surface area contributed by atoms with Gasteiger partial charge in [-0.15, -0.1) is 10.1 Å². The minimum absolute atomic E-state index is 0.450. The van der Waals surface area contributed by atoms with Crippen LogP contribution in [0.5, 0.6) is 0 Å². The standard InChI is InChI=1S/C4H6N2O2/c7-5-6-3-1-2-4-8-6/h1-2H,3-4H2. The molecule has 1 rings (SSSR count). The third-order valence-electron chi connectivity index (χ3n) is 0.839. The summed E-state index contributed by atoms with van der Waals surface area (Å²) in [7, 11) is 0. The van der Waals surface area contributed by atoms with E-state index in [9.17, 15) is 4.91 Å². The Labute approximate surface area is 46.6 Å². The fourth-order valence-corrected chi connectivity index (χ4v) is 0.471. The normalized spacial score (nSPS) is 18.8. The average molecular weight is 114 g/mol. The van der Waals surface area contributed by atoms with Crippen LogP contribution in [0.4, 0.5) is 0 Å². The van der Waals surface area contributed by atoms with Crippen LogP contribution in [-0.4, -0.2) is 18.3 Å². The number of rotatable bonds is 1. The quantitative estimate of drug-likeness (QED) is 0.367. The van der Waals surface area contributed by atoms with Gasteiger partial charge in [0.15, 0.2) is 0 Å². The maximum atomic E-state index is 9.68. The molecule has 1 heterocycles. The highest BCUT2D eigenvalue weighted by Gasteiger charge is 2.01. The Hall–Kier alpha value is -0.900. The molecule has 0 aromatic rings. The Morgan fingerprint density at radius 2 is 2.50 bits per heavy atom. The Balaban J connectivity index is 2.37. The van der Waals surface area contributed by atoms with E-state index in [1.807, 2.05) is 12.2 Å². The van der Waals surface area contributed by atoms with Crippen LogP contribution < -0.4 is 0 Å². The molecule has 0 unspecified atom stereocenters. The van der Waals surface area contributed by atoms with Crippen LogP contribution in [0, 0.1) is 4.91 Å². The van der Waals surface area contributed by atoms with E-state index in [-0.39, 0.29) is 0 Å². The molecule has 0 aromatic carbocycles. The van der Waals surface area contributed by atoms with E-state index in [0.717, 1.165) is 5.17 Å². The van der Waals surface area contributed by atoms with E-state index >= 15 is 0 Å². The summed E-state index contributed by atoms with van der Waals surface area (Å²) in [6.07, 6.45) is 3.66. The van der Waals surface area contributed by atoms with Gasteiger partial charge in [0.2, 0.25) is 0 Å². The first-order valence-electron chi connectivity index (χ1n) is 2.32. The van der Waals surface area contributed by atoms with Gasteiger partial charge in [0.05, 0.1) is 18.4 Å². The summed E-state index contributed by atoms with van der Waals surface area (Å²) in [5.74, 6) is 0. The summed E-state index contributed by atoms with van der Waals surface area (Å²) in [6.45, 7) is 0.912. The summed E-state index contributed by atoms with van der Waals surface area (Å²) >= 11 is 0. The molecule has 0 atom stereocenters. The predicted octanol–water partition coefficient (Wildman–Crippen LogP) is 0.471. The molecule has 4 nitrogen and oxygen atoms in total.